The Hall–Kier alpha value is -2.40. The fourth-order valence-electron chi connectivity index (χ4n) is 2.34. The molecule has 2 rings (SSSR count). The molecule has 5 nitrogen and oxygen atoms in total. The Morgan fingerprint density at radius 2 is 1.83 bits per heavy atom. The fourth-order valence-corrected chi connectivity index (χ4v) is 2.47. The van der Waals surface area contributed by atoms with Crippen molar-refractivity contribution in [2.75, 3.05) is 19.5 Å². The molecule has 0 saturated heterocycles. The maximum absolute atomic E-state index is 12.3. The van der Waals surface area contributed by atoms with Crippen LogP contribution in [0.3, 0.4) is 0 Å². The number of nitrogens with one attached hydrogen (secondary N) is 2. The van der Waals surface area contributed by atoms with E-state index in [9.17, 15) is 4.79 Å². The molecule has 2 aromatic carbocycles. The second-order valence-corrected chi connectivity index (χ2v) is 5.61. The zero-order valence-electron chi connectivity index (χ0n) is 13.9. The Morgan fingerprint density at radius 1 is 1.12 bits per heavy atom. The summed E-state index contributed by atoms with van der Waals surface area (Å²) < 4.78 is 10.4. The molecule has 0 saturated carbocycles. The molecule has 0 radical (unpaired) electrons. The van der Waals surface area contributed by atoms with E-state index in [-0.39, 0.29) is 12.1 Å². The number of rotatable bonds is 6. The average Bonchev–Trinajstić information content (AvgIpc) is 2.60. The molecule has 0 aliphatic rings. The van der Waals surface area contributed by atoms with E-state index < -0.39 is 0 Å². The number of carbonyl (C=O) groups excluding carboxylic acids is 1. The molecule has 0 aliphatic carbocycles. The van der Waals surface area contributed by atoms with Crippen LogP contribution in [-0.4, -0.2) is 20.3 Å². The highest BCUT2D eigenvalue weighted by Crippen LogP contribution is 2.29. The summed E-state index contributed by atoms with van der Waals surface area (Å²) in [7, 11) is 3.12. The number of amides is 2. The Kier molecular flexibility index (Phi) is 6.32. The van der Waals surface area contributed by atoms with Gasteiger partial charge in [-0.3, -0.25) is 0 Å². The summed E-state index contributed by atoms with van der Waals surface area (Å²) in [6, 6.07) is 12.2. The van der Waals surface area contributed by atoms with E-state index in [1.54, 1.807) is 32.4 Å². The summed E-state index contributed by atoms with van der Waals surface area (Å²) in [4.78, 5) is 12.3. The Labute approximate surface area is 146 Å². The normalized spacial score (nSPS) is 11.5. The number of ether oxygens (including phenoxy) is 2. The number of hydrogen-bond donors (Lipinski definition) is 2. The lowest BCUT2D eigenvalue weighted by atomic mass is 10.1. The third-order valence-electron chi connectivity index (χ3n) is 3.64. The van der Waals surface area contributed by atoms with Crippen LogP contribution >= 0.6 is 11.6 Å². The summed E-state index contributed by atoms with van der Waals surface area (Å²) in [5.41, 5.74) is 1.54. The van der Waals surface area contributed by atoms with Crippen LogP contribution < -0.4 is 20.1 Å². The molecule has 128 valence electrons. The van der Waals surface area contributed by atoms with Crippen LogP contribution in [0.5, 0.6) is 11.5 Å². The van der Waals surface area contributed by atoms with Crippen molar-refractivity contribution in [1.82, 2.24) is 5.32 Å². The first-order valence-corrected chi connectivity index (χ1v) is 8.00. The lowest BCUT2D eigenvalue weighted by Crippen LogP contribution is -2.32. The molecule has 0 fully saturated rings. The van der Waals surface area contributed by atoms with Crippen molar-refractivity contribution in [1.29, 1.82) is 0 Å². The largest absolute Gasteiger partial charge is 0.497 e. The van der Waals surface area contributed by atoms with Crippen LogP contribution in [0.2, 0.25) is 5.02 Å². The van der Waals surface area contributed by atoms with Gasteiger partial charge in [0, 0.05) is 11.1 Å². The second-order valence-electron chi connectivity index (χ2n) is 5.18. The van der Waals surface area contributed by atoms with E-state index in [4.69, 9.17) is 21.1 Å². The minimum atomic E-state index is -0.316. The number of anilines is 1. The van der Waals surface area contributed by atoms with Gasteiger partial charge in [0.15, 0.2) is 0 Å². The summed E-state index contributed by atoms with van der Waals surface area (Å²) in [5, 5.41) is 6.42. The monoisotopic (exact) mass is 348 g/mol. The molecular weight excluding hydrogens is 328 g/mol. The molecule has 0 aliphatic heterocycles. The van der Waals surface area contributed by atoms with Gasteiger partial charge in [-0.15, -0.1) is 0 Å². The van der Waals surface area contributed by atoms with Crippen molar-refractivity contribution in [3.05, 3.63) is 53.1 Å². The van der Waals surface area contributed by atoms with Gasteiger partial charge in [-0.2, -0.15) is 0 Å². The smallest absolute Gasteiger partial charge is 0.319 e. The van der Waals surface area contributed by atoms with E-state index in [1.807, 2.05) is 31.2 Å². The maximum Gasteiger partial charge on any atom is 0.319 e. The van der Waals surface area contributed by atoms with E-state index >= 15 is 0 Å². The number of hydrogen-bond acceptors (Lipinski definition) is 3. The first-order chi connectivity index (χ1) is 11.6. The minimum absolute atomic E-state index is 0.112. The molecule has 1 atom stereocenters. The van der Waals surface area contributed by atoms with Gasteiger partial charge in [-0.05, 0) is 36.2 Å². The summed E-state index contributed by atoms with van der Waals surface area (Å²) in [5.74, 6) is 1.20. The molecule has 2 N–H and O–H groups in total. The molecular formula is C18H21ClN2O3. The quantitative estimate of drug-likeness (QED) is 0.800. The van der Waals surface area contributed by atoms with Crippen molar-refractivity contribution < 1.29 is 14.3 Å². The average molecular weight is 349 g/mol. The van der Waals surface area contributed by atoms with Crippen LogP contribution in [0, 0.1) is 0 Å². The number of benzene rings is 2. The van der Waals surface area contributed by atoms with E-state index in [0.717, 1.165) is 12.0 Å². The standard InChI is InChI=1S/C18H21ClN2O3/c1-4-15(12-5-7-13(19)8-6-12)20-18(22)21-16-11-14(23-2)9-10-17(16)24-3/h5-11,15H,4H2,1-3H3,(H2,20,21,22)/t15-/m0/s1. The number of urea groups is 1. The van der Waals surface area contributed by atoms with Crippen LogP contribution in [0.1, 0.15) is 24.9 Å². The van der Waals surface area contributed by atoms with Crippen LogP contribution in [0.15, 0.2) is 42.5 Å². The van der Waals surface area contributed by atoms with E-state index in [1.165, 1.54) is 0 Å². The van der Waals surface area contributed by atoms with Gasteiger partial charge in [0.1, 0.15) is 11.5 Å². The van der Waals surface area contributed by atoms with Gasteiger partial charge >= 0.3 is 6.03 Å². The van der Waals surface area contributed by atoms with Crippen LogP contribution in [0.25, 0.3) is 0 Å². The molecule has 0 unspecified atom stereocenters. The lowest BCUT2D eigenvalue weighted by molar-refractivity contribution is 0.248. The van der Waals surface area contributed by atoms with Gasteiger partial charge in [0.25, 0.3) is 0 Å². The highest BCUT2D eigenvalue weighted by Gasteiger charge is 2.14. The lowest BCUT2D eigenvalue weighted by Gasteiger charge is -2.19. The third-order valence-corrected chi connectivity index (χ3v) is 3.89. The van der Waals surface area contributed by atoms with E-state index in [2.05, 4.69) is 10.6 Å². The Morgan fingerprint density at radius 3 is 2.42 bits per heavy atom. The minimum Gasteiger partial charge on any atom is -0.497 e. The first-order valence-electron chi connectivity index (χ1n) is 7.62. The van der Waals surface area contributed by atoms with Crippen molar-refractivity contribution in [2.24, 2.45) is 0 Å². The fraction of sp³-hybridized carbons (Fsp3) is 0.278. The predicted molar refractivity (Wildman–Crippen MR) is 96.2 cm³/mol. The van der Waals surface area contributed by atoms with Crippen molar-refractivity contribution >= 4 is 23.3 Å². The first kappa shape index (κ1) is 17.9. The van der Waals surface area contributed by atoms with Crippen molar-refractivity contribution in [2.45, 2.75) is 19.4 Å². The number of carbonyl (C=O) groups is 1. The summed E-state index contributed by atoms with van der Waals surface area (Å²) in [6.07, 6.45) is 0.754. The Bertz CT molecular complexity index is 689. The highest BCUT2D eigenvalue weighted by atomic mass is 35.5. The molecule has 0 bridgehead atoms. The second kappa shape index (κ2) is 8.45. The van der Waals surface area contributed by atoms with Crippen molar-refractivity contribution in [3.8, 4) is 11.5 Å². The topological polar surface area (TPSA) is 59.6 Å². The van der Waals surface area contributed by atoms with Gasteiger partial charge < -0.3 is 20.1 Å². The SMILES string of the molecule is CC[C@H](NC(=O)Nc1cc(OC)ccc1OC)c1ccc(Cl)cc1. The molecule has 0 spiro atoms. The van der Waals surface area contributed by atoms with Gasteiger partial charge in [-0.1, -0.05) is 30.7 Å². The van der Waals surface area contributed by atoms with Gasteiger partial charge in [-0.25, -0.2) is 4.79 Å². The van der Waals surface area contributed by atoms with Crippen LogP contribution in [-0.2, 0) is 0 Å². The summed E-state index contributed by atoms with van der Waals surface area (Å²) >= 11 is 5.91. The maximum atomic E-state index is 12.3. The van der Waals surface area contributed by atoms with Gasteiger partial charge in [0.2, 0.25) is 0 Å². The third kappa shape index (κ3) is 4.55. The van der Waals surface area contributed by atoms with E-state index in [0.29, 0.717) is 22.2 Å². The molecule has 2 amide bonds. The van der Waals surface area contributed by atoms with Crippen molar-refractivity contribution in [3.63, 3.8) is 0 Å². The molecule has 6 heteroatoms. The number of methoxy groups -OCH3 is 2. The molecule has 0 aromatic heterocycles. The molecule has 0 heterocycles. The molecule has 2 aromatic rings. The zero-order chi connectivity index (χ0) is 17.5. The van der Waals surface area contributed by atoms with Gasteiger partial charge in [0.05, 0.1) is 25.9 Å². The number of halogens is 1. The zero-order valence-corrected chi connectivity index (χ0v) is 14.7. The predicted octanol–water partition coefficient (Wildman–Crippen LogP) is 4.63. The molecule has 24 heavy (non-hydrogen) atoms. The Balaban J connectivity index is 2.10. The van der Waals surface area contributed by atoms with Crippen LogP contribution in [0.4, 0.5) is 10.5 Å². The summed E-state index contributed by atoms with van der Waals surface area (Å²) in [6.45, 7) is 2.01. The highest BCUT2D eigenvalue weighted by molar-refractivity contribution is 6.30.